The number of alkyl carbamates (subject to hydrolysis) is 1. The van der Waals surface area contributed by atoms with Gasteiger partial charge in [-0.2, -0.15) is 0 Å². The molecule has 2 heterocycles. The fraction of sp³-hybridized carbons (Fsp3) is 0.400. The van der Waals surface area contributed by atoms with Crippen LogP contribution in [0.5, 0.6) is 0 Å². The second-order valence-corrected chi connectivity index (χ2v) is 6.42. The molecule has 0 saturated carbocycles. The van der Waals surface area contributed by atoms with E-state index < -0.39 is 11.7 Å². The molecule has 2 aromatic rings. The fourth-order valence-corrected chi connectivity index (χ4v) is 2.28. The van der Waals surface area contributed by atoms with Crippen molar-refractivity contribution in [2.45, 2.75) is 39.5 Å². The van der Waals surface area contributed by atoms with Crippen molar-refractivity contribution in [3.63, 3.8) is 0 Å². The minimum Gasteiger partial charge on any atom is -0.444 e. The van der Waals surface area contributed by atoms with E-state index in [2.05, 4.69) is 20.6 Å². The normalized spacial score (nSPS) is 11.0. The van der Waals surface area contributed by atoms with Gasteiger partial charge in [-0.25, -0.2) is 14.8 Å². The van der Waals surface area contributed by atoms with Crippen LogP contribution in [-0.2, 0) is 17.8 Å². The highest BCUT2D eigenvalue weighted by molar-refractivity contribution is 7.07. The van der Waals surface area contributed by atoms with Gasteiger partial charge < -0.3 is 15.4 Å². The molecule has 2 N–H and O–H groups in total. The van der Waals surface area contributed by atoms with Crippen molar-refractivity contribution in [2.24, 2.45) is 0 Å². The van der Waals surface area contributed by atoms with Gasteiger partial charge in [-0.1, -0.05) is 6.07 Å². The quantitative estimate of drug-likeness (QED) is 0.885. The summed E-state index contributed by atoms with van der Waals surface area (Å²) in [6.07, 6.45) is 1.27. The van der Waals surface area contributed by atoms with E-state index in [-0.39, 0.29) is 0 Å². The predicted octanol–water partition coefficient (Wildman–Crippen LogP) is 3.17. The first-order valence-corrected chi connectivity index (χ1v) is 7.90. The first-order valence-electron chi connectivity index (χ1n) is 6.96. The number of thiazole rings is 1. The number of aromatic nitrogens is 2. The summed E-state index contributed by atoms with van der Waals surface area (Å²) >= 11 is 1.55. The van der Waals surface area contributed by atoms with E-state index in [1.54, 1.807) is 23.0 Å². The molecule has 118 valence electrons. The first kappa shape index (κ1) is 16.2. The third-order valence-corrected chi connectivity index (χ3v) is 3.27. The van der Waals surface area contributed by atoms with E-state index in [1.807, 2.05) is 38.3 Å². The number of ether oxygens (including phenoxy) is 1. The number of carbonyl (C=O) groups is 1. The molecule has 0 aromatic carbocycles. The highest BCUT2D eigenvalue weighted by Crippen LogP contribution is 2.13. The molecule has 0 aliphatic heterocycles. The van der Waals surface area contributed by atoms with Crippen molar-refractivity contribution in [1.29, 1.82) is 0 Å². The molecule has 7 heteroatoms. The molecule has 0 aliphatic carbocycles. The summed E-state index contributed by atoms with van der Waals surface area (Å²) in [6, 6.07) is 3.74. The Balaban J connectivity index is 1.92. The van der Waals surface area contributed by atoms with Crippen LogP contribution in [0.25, 0.3) is 0 Å². The molecule has 2 aromatic heterocycles. The van der Waals surface area contributed by atoms with E-state index in [0.717, 1.165) is 17.1 Å². The molecule has 0 spiro atoms. The Morgan fingerprint density at radius 3 is 2.82 bits per heavy atom. The van der Waals surface area contributed by atoms with Gasteiger partial charge in [0.1, 0.15) is 11.4 Å². The third kappa shape index (κ3) is 5.33. The second kappa shape index (κ2) is 7.22. The maximum absolute atomic E-state index is 11.7. The Morgan fingerprint density at radius 1 is 1.32 bits per heavy atom. The van der Waals surface area contributed by atoms with Crippen molar-refractivity contribution in [3.05, 3.63) is 40.5 Å². The van der Waals surface area contributed by atoms with Crippen LogP contribution in [0.1, 0.15) is 32.0 Å². The Bertz CT molecular complexity index is 608. The average Bonchev–Trinajstić information content (AvgIpc) is 2.95. The maximum atomic E-state index is 11.7. The van der Waals surface area contributed by atoms with Crippen molar-refractivity contribution in [2.75, 3.05) is 5.32 Å². The number of pyridine rings is 1. The van der Waals surface area contributed by atoms with Crippen molar-refractivity contribution < 1.29 is 9.53 Å². The van der Waals surface area contributed by atoms with Crippen LogP contribution in [-0.4, -0.2) is 21.7 Å². The minimum atomic E-state index is -0.509. The topological polar surface area (TPSA) is 76.1 Å². The number of amides is 1. The van der Waals surface area contributed by atoms with E-state index in [4.69, 9.17) is 4.74 Å². The van der Waals surface area contributed by atoms with Gasteiger partial charge in [0.15, 0.2) is 0 Å². The Morgan fingerprint density at radius 2 is 2.14 bits per heavy atom. The van der Waals surface area contributed by atoms with Gasteiger partial charge in [0.2, 0.25) is 0 Å². The van der Waals surface area contributed by atoms with Gasteiger partial charge in [-0.15, -0.1) is 11.3 Å². The highest BCUT2D eigenvalue weighted by atomic mass is 32.1. The standard InChI is InChI=1S/C15H20N4O2S/c1-15(2,3)21-14(20)18-7-11-5-4-6-16-13(11)17-8-12-9-22-10-19-12/h4-6,9-10H,7-8H2,1-3H3,(H,16,17)(H,18,20). The molecule has 0 fully saturated rings. The van der Waals surface area contributed by atoms with Crippen molar-refractivity contribution in [1.82, 2.24) is 15.3 Å². The van der Waals surface area contributed by atoms with Crippen LogP contribution in [0.2, 0.25) is 0 Å². The number of hydrogen-bond acceptors (Lipinski definition) is 6. The van der Waals surface area contributed by atoms with Crippen LogP contribution in [0.15, 0.2) is 29.2 Å². The molecule has 22 heavy (non-hydrogen) atoms. The fourth-order valence-electron chi connectivity index (χ4n) is 1.72. The molecule has 2 rings (SSSR count). The maximum Gasteiger partial charge on any atom is 0.407 e. The largest absolute Gasteiger partial charge is 0.444 e. The summed E-state index contributed by atoms with van der Waals surface area (Å²) in [7, 11) is 0. The number of rotatable bonds is 5. The Kier molecular flexibility index (Phi) is 5.32. The molecule has 6 nitrogen and oxygen atoms in total. The van der Waals surface area contributed by atoms with Crippen LogP contribution in [0, 0.1) is 0 Å². The zero-order valence-corrected chi connectivity index (χ0v) is 13.7. The van der Waals surface area contributed by atoms with E-state index in [9.17, 15) is 4.79 Å². The van der Waals surface area contributed by atoms with Crippen molar-refractivity contribution in [3.8, 4) is 0 Å². The van der Waals surface area contributed by atoms with Gasteiger partial charge in [0.05, 0.1) is 17.7 Å². The number of hydrogen-bond donors (Lipinski definition) is 2. The summed E-state index contributed by atoms with van der Waals surface area (Å²) in [4.78, 5) is 20.2. The SMILES string of the molecule is CC(C)(C)OC(=O)NCc1cccnc1NCc1cscn1. The Hall–Kier alpha value is -2.15. The lowest BCUT2D eigenvalue weighted by atomic mass is 10.2. The van der Waals surface area contributed by atoms with Crippen LogP contribution < -0.4 is 10.6 Å². The lowest BCUT2D eigenvalue weighted by Gasteiger charge is -2.20. The monoisotopic (exact) mass is 320 g/mol. The number of nitrogens with zero attached hydrogens (tertiary/aromatic N) is 2. The highest BCUT2D eigenvalue weighted by Gasteiger charge is 2.16. The summed E-state index contributed by atoms with van der Waals surface area (Å²) in [5.74, 6) is 0.728. The van der Waals surface area contributed by atoms with Crippen LogP contribution in [0.4, 0.5) is 10.6 Å². The van der Waals surface area contributed by atoms with Gasteiger partial charge in [0, 0.05) is 23.7 Å². The van der Waals surface area contributed by atoms with E-state index >= 15 is 0 Å². The van der Waals surface area contributed by atoms with Gasteiger partial charge in [0.25, 0.3) is 0 Å². The molecular formula is C15H20N4O2S. The molecule has 0 aliphatic rings. The van der Waals surface area contributed by atoms with Crippen LogP contribution in [0.3, 0.4) is 0 Å². The molecule has 0 bridgehead atoms. The smallest absolute Gasteiger partial charge is 0.407 e. The minimum absolute atomic E-state index is 0.349. The molecular weight excluding hydrogens is 300 g/mol. The lowest BCUT2D eigenvalue weighted by Crippen LogP contribution is -2.32. The van der Waals surface area contributed by atoms with Gasteiger partial charge in [-0.05, 0) is 26.8 Å². The molecule has 0 radical (unpaired) electrons. The third-order valence-electron chi connectivity index (χ3n) is 2.63. The summed E-state index contributed by atoms with van der Waals surface area (Å²) in [5.41, 5.74) is 3.13. The average molecular weight is 320 g/mol. The van der Waals surface area contributed by atoms with Gasteiger partial charge >= 0.3 is 6.09 Å². The first-order chi connectivity index (χ1) is 10.4. The second-order valence-electron chi connectivity index (χ2n) is 5.70. The van der Waals surface area contributed by atoms with Gasteiger partial charge in [-0.3, -0.25) is 0 Å². The summed E-state index contributed by atoms with van der Waals surface area (Å²) < 4.78 is 5.22. The molecule has 0 atom stereocenters. The number of nitrogens with one attached hydrogen (secondary N) is 2. The van der Waals surface area contributed by atoms with Crippen molar-refractivity contribution >= 4 is 23.2 Å². The molecule has 0 saturated heterocycles. The number of anilines is 1. The summed E-state index contributed by atoms with van der Waals surface area (Å²) in [5, 5.41) is 7.94. The summed E-state index contributed by atoms with van der Waals surface area (Å²) in [6.45, 7) is 6.44. The predicted molar refractivity (Wildman–Crippen MR) is 86.8 cm³/mol. The van der Waals surface area contributed by atoms with Crippen LogP contribution >= 0.6 is 11.3 Å². The molecule has 0 unspecified atom stereocenters. The number of carbonyl (C=O) groups excluding carboxylic acids is 1. The van der Waals surface area contributed by atoms with E-state index in [1.165, 1.54) is 0 Å². The lowest BCUT2D eigenvalue weighted by molar-refractivity contribution is 0.0523. The Labute approximate surface area is 133 Å². The zero-order chi connectivity index (χ0) is 16.0. The molecule has 1 amide bonds. The van der Waals surface area contributed by atoms with E-state index in [0.29, 0.717) is 13.1 Å². The zero-order valence-electron chi connectivity index (χ0n) is 12.9.